The van der Waals surface area contributed by atoms with Crippen LogP contribution in [0.1, 0.15) is 27.7 Å². The summed E-state index contributed by atoms with van der Waals surface area (Å²) >= 11 is 6.11. The van der Waals surface area contributed by atoms with E-state index < -0.39 is 22.4 Å². The molecule has 0 saturated carbocycles. The van der Waals surface area contributed by atoms with Gasteiger partial charge in [0, 0.05) is 5.41 Å². The molecule has 6 heteroatoms. The lowest BCUT2D eigenvalue weighted by molar-refractivity contribution is -0.125. The molecule has 2 atom stereocenters. The van der Waals surface area contributed by atoms with Gasteiger partial charge in [-0.3, -0.25) is 4.79 Å². The Morgan fingerprint density at radius 1 is 1.26 bits per heavy atom. The number of rotatable bonds is 1. The SMILES string of the molecule is CC(C)[C@@]12NC(=O)[C@@](C#N)(C(C#N)=C(Cl)N1)C2(C)C. The zero-order valence-electron chi connectivity index (χ0n) is 11.3. The van der Waals surface area contributed by atoms with Gasteiger partial charge in [-0.1, -0.05) is 39.3 Å². The third-order valence-electron chi connectivity index (χ3n) is 4.62. The van der Waals surface area contributed by atoms with Gasteiger partial charge in [-0.2, -0.15) is 10.5 Å². The second kappa shape index (κ2) is 3.65. The summed E-state index contributed by atoms with van der Waals surface area (Å²) in [6.07, 6.45) is 0. The van der Waals surface area contributed by atoms with Crippen LogP contribution in [0.15, 0.2) is 10.7 Å². The predicted molar refractivity (Wildman–Crippen MR) is 69.2 cm³/mol. The van der Waals surface area contributed by atoms with Crippen molar-refractivity contribution >= 4 is 17.5 Å². The van der Waals surface area contributed by atoms with Crippen molar-refractivity contribution in [1.82, 2.24) is 10.6 Å². The summed E-state index contributed by atoms with van der Waals surface area (Å²) in [5.41, 5.74) is -3.19. The van der Waals surface area contributed by atoms with Crippen molar-refractivity contribution < 1.29 is 4.79 Å². The van der Waals surface area contributed by atoms with Crippen LogP contribution in [0.2, 0.25) is 0 Å². The fourth-order valence-electron chi connectivity index (χ4n) is 3.41. The average Bonchev–Trinajstić information content (AvgIpc) is 2.43. The molecule has 2 N–H and O–H groups in total. The van der Waals surface area contributed by atoms with Crippen LogP contribution in [0.25, 0.3) is 0 Å². The Balaban J connectivity index is 2.88. The quantitative estimate of drug-likeness (QED) is 0.713. The minimum absolute atomic E-state index is 0.00401. The van der Waals surface area contributed by atoms with Crippen LogP contribution in [-0.2, 0) is 4.79 Å². The van der Waals surface area contributed by atoms with Gasteiger partial charge in [-0.05, 0) is 5.92 Å². The molecule has 1 amide bonds. The minimum atomic E-state index is -1.55. The summed E-state index contributed by atoms with van der Waals surface area (Å²) in [5, 5.41) is 24.9. The van der Waals surface area contributed by atoms with Gasteiger partial charge in [-0.15, -0.1) is 0 Å². The number of amides is 1. The topological polar surface area (TPSA) is 88.7 Å². The molecule has 0 spiro atoms. The van der Waals surface area contributed by atoms with Crippen LogP contribution < -0.4 is 10.6 Å². The third-order valence-corrected chi connectivity index (χ3v) is 4.91. The van der Waals surface area contributed by atoms with E-state index in [-0.39, 0.29) is 16.6 Å². The first kappa shape index (κ1) is 13.7. The lowest BCUT2D eigenvalue weighted by atomic mass is 9.56. The van der Waals surface area contributed by atoms with Crippen LogP contribution in [0.5, 0.6) is 0 Å². The molecule has 0 radical (unpaired) electrons. The summed E-state index contributed by atoms with van der Waals surface area (Å²) in [6, 6.07) is 3.96. The number of nitrogens with zero attached hydrogens (tertiary/aromatic N) is 2. The second-order valence-electron chi connectivity index (χ2n) is 5.83. The zero-order valence-corrected chi connectivity index (χ0v) is 12.0. The third kappa shape index (κ3) is 1.17. The van der Waals surface area contributed by atoms with E-state index in [4.69, 9.17) is 11.6 Å². The summed E-state index contributed by atoms with van der Waals surface area (Å²) < 4.78 is 0. The summed E-state index contributed by atoms with van der Waals surface area (Å²) in [4.78, 5) is 12.4. The molecule has 5 nitrogen and oxygen atoms in total. The number of nitriles is 2. The fraction of sp³-hybridized carbons (Fsp3) is 0.615. The van der Waals surface area contributed by atoms with Crippen molar-refractivity contribution in [3.8, 4) is 12.1 Å². The van der Waals surface area contributed by atoms with E-state index >= 15 is 0 Å². The molecule has 1 fully saturated rings. The first-order chi connectivity index (χ1) is 8.71. The molecule has 100 valence electrons. The number of fused-ring (bicyclic) bond motifs is 2. The molecule has 0 unspecified atom stereocenters. The van der Waals surface area contributed by atoms with Crippen molar-refractivity contribution in [3.05, 3.63) is 10.7 Å². The van der Waals surface area contributed by atoms with Gasteiger partial charge in [0.15, 0.2) is 5.41 Å². The molecule has 0 aromatic heterocycles. The van der Waals surface area contributed by atoms with Gasteiger partial charge >= 0.3 is 0 Å². The van der Waals surface area contributed by atoms with Gasteiger partial charge in [0.1, 0.15) is 16.9 Å². The molecular weight excluding hydrogens is 264 g/mol. The maximum Gasteiger partial charge on any atom is 0.248 e. The Morgan fingerprint density at radius 3 is 2.26 bits per heavy atom. The van der Waals surface area contributed by atoms with Crippen LogP contribution in [0.4, 0.5) is 0 Å². The fourth-order valence-corrected chi connectivity index (χ4v) is 3.75. The molecule has 0 aliphatic carbocycles. The lowest BCUT2D eigenvalue weighted by Gasteiger charge is -2.51. The van der Waals surface area contributed by atoms with Gasteiger partial charge in [0.25, 0.3) is 0 Å². The van der Waals surface area contributed by atoms with Gasteiger partial charge < -0.3 is 10.6 Å². The van der Waals surface area contributed by atoms with Crippen molar-refractivity contribution in [2.24, 2.45) is 16.7 Å². The van der Waals surface area contributed by atoms with Crippen LogP contribution in [0, 0.1) is 39.4 Å². The highest BCUT2D eigenvalue weighted by Crippen LogP contribution is 2.60. The molecule has 2 bridgehead atoms. The van der Waals surface area contributed by atoms with Crippen LogP contribution in [-0.4, -0.2) is 11.6 Å². The number of nitrogens with one attached hydrogen (secondary N) is 2. The van der Waals surface area contributed by atoms with E-state index in [9.17, 15) is 15.3 Å². The molecule has 19 heavy (non-hydrogen) atoms. The number of carbonyl (C=O) groups excluding carboxylic acids is 1. The largest absolute Gasteiger partial charge is 0.352 e. The van der Waals surface area contributed by atoms with Crippen molar-refractivity contribution in [3.63, 3.8) is 0 Å². The Hall–Kier alpha value is -1.72. The maximum atomic E-state index is 12.4. The smallest absolute Gasteiger partial charge is 0.248 e. The Labute approximate surface area is 117 Å². The molecule has 0 aromatic carbocycles. The Morgan fingerprint density at radius 2 is 1.84 bits per heavy atom. The van der Waals surface area contributed by atoms with Crippen molar-refractivity contribution in [1.29, 1.82) is 10.5 Å². The number of halogens is 1. The highest BCUT2D eigenvalue weighted by molar-refractivity contribution is 6.30. The van der Waals surface area contributed by atoms with Crippen LogP contribution >= 0.6 is 11.6 Å². The van der Waals surface area contributed by atoms with E-state index in [1.54, 1.807) is 0 Å². The normalized spacial score (nSPS) is 35.5. The molecule has 0 aromatic rings. The predicted octanol–water partition coefficient (Wildman–Crippen LogP) is 1.58. The molecular formula is C13H15ClN4O. The Bertz CT molecular complexity index is 580. The van der Waals surface area contributed by atoms with E-state index in [1.165, 1.54) is 0 Å². The monoisotopic (exact) mass is 278 g/mol. The first-order valence-corrected chi connectivity index (χ1v) is 6.41. The summed E-state index contributed by atoms with van der Waals surface area (Å²) in [7, 11) is 0. The average molecular weight is 279 g/mol. The Kier molecular flexibility index (Phi) is 2.63. The molecule has 2 heterocycles. The standard InChI is InChI=1S/C13H15ClN4O/c1-7(2)13-11(3,4)12(6-16,10(19)18-13)8(5-15)9(14)17-13/h7,17H,1-4H3,(H,18,19)/t12-,13+/m1/s1. The van der Waals surface area contributed by atoms with Gasteiger partial charge in [0.05, 0.1) is 11.6 Å². The summed E-state index contributed by atoms with van der Waals surface area (Å²) in [5.74, 6) is -0.468. The zero-order chi connectivity index (χ0) is 14.6. The second-order valence-corrected chi connectivity index (χ2v) is 6.21. The minimum Gasteiger partial charge on any atom is -0.352 e. The van der Waals surface area contributed by atoms with Crippen LogP contribution in [0.3, 0.4) is 0 Å². The molecule has 2 aliphatic heterocycles. The highest BCUT2D eigenvalue weighted by Gasteiger charge is 2.74. The molecule has 2 rings (SSSR count). The molecule has 2 aliphatic rings. The van der Waals surface area contributed by atoms with Crippen molar-refractivity contribution in [2.45, 2.75) is 33.4 Å². The van der Waals surface area contributed by atoms with E-state index in [1.807, 2.05) is 39.8 Å². The van der Waals surface area contributed by atoms with Gasteiger partial charge in [0.2, 0.25) is 5.91 Å². The first-order valence-electron chi connectivity index (χ1n) is 6.03. The number of hydrogen-bond donors (Lipinski definition) is 2. The summed E-state index contributed by atoms with van der Waals surface area (Å²) in [6.45, 7) is 7.48. The number of hydrogen-bond acceptors (Lipinski definition) is 4. The van der Waals surface area contributed by atoms with E-state index in [0.717, 1.165) is 0 Å². The maximum absolute atomic E-state index is 12.4. The molecule has 1 saturated heterocycles. The number of carbonyl (C=O) groups is 1. The lowest BCUT2D eigenvalue weighted by Crippen LogP contribution is -2.67. The highest BCUT2D eigenvalue weighted by atomic mass is 35.5. The van der Waals surface area contributed by atoms with E-state index in [0.29, 0.717) is 0 Å². The van der Waals surface area contributed by atoms with Gasteiger partial charge in [-0.25, -0.2) is 0 Å². The van der Waals surface area contributed by atoms with Crippen molar-refractivity contribution in [2.75, 3.05) is 0 Å². The van der Waals surface area contributed by atoms with E-state index in [2.05, 4.69) is 10.6 Å².